The summed E-state index contributed by atoms with van der Waals surface area (Å²) >= 11 is 1.78. The number of hydrogen-bond donors (Lipinski definition) is 0. The highest BCUT2D eigenvalue weighted by atomic mass is 32.1. The largest absolute Gasteiger partial charge is 0.303 e. The highest BCUT2D eigenvalue weighted by Crippen LogP contribution is 2.27. The molecule has 0 unspecified atom stereocenters. The second kappa shape index (κ2) is 3.30. The minimum Gasteiger partial charge on any atom is -0.303 e. The number of rotatable bonds is 2. The van der Waals surface area contributed by atoms with E-state index in [1.54, 1.807) is 11.3 Å². The molecule has 0 radical (unpaired) electrons. The number of benzene rings is 1. The second-order valence-electron chi connectivity index (χ2n) is 3.06. The fourth-order valence-electron chi connectivity index (χ4n) is 1.52. The van der Waals surface area contributed by atoms with Crippen molar-refractivity contribution in [1.82, 2.24) is 0 Å². The summed E-state index contributed by atoms with van der Waals surface area (Å²) in [6.45, 7) is 2.09. The van der Waals surface area contributed by atoms with Crippen molar-refractivity contribution in [3.63, 3.8) is 0 Å². The van der Waals surface area contributed by atoms with Gasteiger partial charge in [-0.15, -0.1) is 11.3 Å². The molecule has 0 saturated carbocycles. The molecule has 1 aromatic heterocycles. The van der Waals surface area contributed by atoms with Gasteiger partial charge in [-0.3, -0.25) is 0 Å². The predicted octanol–water partition coefficient (Wildman–Crippen LogP) is 2.95. The monoisotopic (exact) mass is 190 g/mol. The fraction of sp³-hybridized carbons (Fsp3) is 0.182. The van der Waals surface area contributed by atoms with Gasteiger partial charge in [-0.25, -0.2) is 0 Å². The normalized spacial score (nSPS) is 10.5. The second-order valence-corrected chi connectivity index (χ2v) is 4.34. The number of thiophene rings is 1. The third-order valence-electron chi connectivity index (χ3n) is 2.08. The Labute approximate surface area is 81.0 Å². The van der Waals surface area contributed by atoms with Crippen molar-refractivity contribution in [2.24, 2.45) is 0 Å². The Morgan fingerprint density at radius 3 is 3.08 bits per heavy atom. The van der Waals surface area contributed by atoms with Gasteiger partial charge in [0.15, 0.2) is 0 Å². The van der Waals surface area contributed by atoms with Crippen molar-refractivity contribution in [2.75, 3.05) is 0 Å². The molecule has 0 bridgehead atoms. The first-order valence-electron chi connectivity index (χ1n) is 4.23. The molecule has 13 heavy (non-hydrogen) atoms. The Kier molecular flexibility index (Phi) is 2.15. The van der Waals surface area contributed by atoms with Crippen molar-refractivity contribution in [2.45, 2.75) is 13.3 Å². The number of aryl methyl sites for hydroxylation is 1. The van der Waals surface area contributed by atoms with Gasteiger partial charge in [0.2, 0.25) is 0 Å². The van der Waals surface area contributed by atoms with E-state index >= 15 is 0 Å². The Morgan fingerprint density at radius 1 is 1.46 bits per heavy atom. The van der Waals surface area contributed by atoms with Gasteiger partial charge in [-0.1, -0.05) is 12.1 Å². The van der Waals surface area contributed by atoms with Crippen LogP contribution in [0.2, 0.25) is 0 Å². The summed E-state index contributed by atoms with van der Waals surface area (Å²) in [5.74, 6) is 0. The smallest absolute Gasteiger partial charge is 0.124 e. The van der Waals surface area contributed by atoms with Crippen LogP contribution >= 0.6 is 11.3 Å². The number of carbonyl (C=O) groups is 1. The molecule has 66 valence electrons. The molecule has 2 rings (SSSR count). The quantitative estimate of drug-likeness (QED) is 0.665. The Bertz CT molecular complexity index is 442. The van der Waals surface area contributed by atoms with Crippen LogP contribution in [0.1, 0.15) is 10.4 Å². The van der Waals surface area contributed by atoms with Crippen LogP contribution in [0.15, 0.2) is 24.3 Å². The molecule has 1 aromatic carbocycles. The average molecular weight is 190 g/mol. The molecule has 0 fully saturated rings. The zero-order valence-corrected chi connectivity index (χ0v) is 8.23. The molecular weight excluding hydrogens is 180 g/mol. The van der Waals surface area contributed by atoms with E-state index in [1.165, 1.54) is 15.0 Å². The average Bonchev–Trinajstić information content (AvgIpc) is 2.47. The van der Waals surface area contributed by atoms with E-state index in [9.17, 15) is 4.79 Å². The summed E-state index contributed by atoms with van der Waals surface area (Å²) in [6.07, 6.45) is 1.48. The maximum absolute atomic E-state index is 10.4. The molecule has 0 amide bonds. The maximum Gasteiger partial charge on any atom is 0.124 e. The number of fused-ring (bicyclic) bond motifs is 1. The third kappa shape index (κ3) is 1.49. The summed E-state index contributed by atoms with van der Waals surface area (Å²) in [5, 5.41) is 1.23. The standard InChI is InChI=1S/C11H10OS/c1-8-7-10-9(5-6-12)3-2-4-11(10)13-8/h2-4,6-7H,5H2,1H3. The lowest BCUT2D eigenvalue weighted by Crippen LogP contribution is -1.84. The maximum atomic E-state index is 10.4. The molecule has 2 aromatic rings. The van der Waals surface area contributed by atoms with E-state index in [-0.39, 0.29) is 0 Å². The van der Waals surface area contributed by atoms with Crippen LogP contribution in [0.4, 0.5) is 0 Å². The van der Waals surface area contributed by atoms with Crippen molar-refractivity contribution < 1.29 is 4.79 Å². The Balaban J connectivity index is 2.67. The molecular formula is C11H10OS. The summed E-state index contributed by atoms with van der Waals surface area (Å²) in [7, 11) is 0. The summed E-state index contributed by atoms with van der Waals surface area (Å²) in [6, 6.07) is 8.28. The third-order valence-corrected chi connectivity index (χ3v) is 3.09. The molecule has 0 N–H and O–H groups in total. The van der Waals surface area contributed by atoms with Gasteiger partial charge >= 0.3 is 0 Å². The fourth-order valence-corrected chi connectivity index (χ4v) is 2.49. The van der Waals surface area contributed by atoms with E-state index in [1.807, 2.05) is 12.1 Å². The first kappa shape index (κ1) is 8.45. The topological polar surface area (TPSA) is 17.1 Å². The minimum absolute atomic E-state index is 0.521. The van der Waals surface area contributed by atoms with Crippen LogP contribution in [0.5, 0.6) is 0 Å². The molecule has 0 aliphatic rings. The molecule has 0 aliphatic heterocycles. The molecule has 0 saturated heterocycles. The highest BCUT2D eigenvalue weighted by molar-refractivity contribution is 7.19. The van der Waals surface area contributed by atoms with E-state index in [0.717, 1.165) is 11.8 Å². The van der Waals surface area contributed by atoms with Crippen molar-refractivity contribution in [1.29, 1.82) is 0 Å². The summed E-state index contributed by atoms with van der Waals surface area (Å²) < 4.78 is 1.27. The number of aldehydes is 1. The Morgan fingerprint density at radius 2 is 2.31 bits per heavy atom. The van der Waals surface area contributed by atoms with Gasteiger partial charge in [-0.2, -0.15) is 0 Å². The lowest BCUT2D eigenvalue weighted by Gasteiger charge is -1.96. The van der Waals surface area contributed by atoms with Gasteiger partial charge in [0.05, 0.1) is 0 Å². The van der Waals surface area contributed by atoms with E-state index in [4.69, 9.17) is 0 Å². The number of hydrogen-bond acceptors (Lipinski definition) is 2. The van der Waals surface area contributed by atoms with E-state index < -0.39 is 0 Å². The van der Waals surface area contributed by atoms with Crippen LogP contribution in [0.25, 0.3) is 10.1 Å². The summed E-state index contributed by atoms with van der Waals surface area (Å²) in [4.78, 5) is 11.7. The van der Waals surface area contributed by atoms with Crippen LogP contribution in [0.3, 0.4) is 0 Å². The predicted molar refractivity (Wildman–Crippen MR) is 56.3 cm³/mol. The molecule has 1 heterocycles. The highest BCUT2D eigenvalue weighted by Gasteiger charge is 2.02. The van der Waals surface area contributed by atoms with Gasteiger partial charge < -0.3 is 4.79 Å². The number of carbonyl (C=O) groups excluding carboxylic acids is 1. The van der Waals surface area contributed by atoms with Crippen molar-refractivity contribution in [3.05, 3.63) is 34.7 Å². The zero-order valence-electron chi connectivity index (χ0n) is 7.41. The van der Waals surface area contributed by atoms with Gasteiger partial charge in [0.25, 0.3) is 0 Å². The molecule has 2 heteroatoms. The first-order valence-corrected chi connectivity index (χ1v) is 5.04. The van der Waals surface area contributed by atoms with Crippen molar-refractivity contribution >= 4 is 27.7 Å². The van der Waals surface area contributed by atoms with Crippen molar-refractivity contribution in [3.8, 4) is 0 Å². The zero-order chi connectivity index (χ0) is 9.26. The van der Waals surface area contributed by atoms with Crippen LogP contribution in [-0.4, -0.2) is 6.29 Å². The Hall–Kier alpha value is -1.15. The first-order chi connectivity index (χ1) is 6.31. The molecule has 0 atom stereocenters. The lowest BCUT2D eigenvalue weighted by atomic mass is 10.1. The molecule has 0 spiro atoms. The molecule has 0 aliphatic carbocycles. The van der Waals surface area contributed by atoms with E-state index in [0.29, 0.717) is 6.42 Å². The van der Waals surface area contributed by atoms with E-state index in [2.05, 4.69) is 19.1 Å². The molecule has 1 nitrogen and oxygen atoms in total. The van der Waals surface area contributed by atoms with Crippen LogP contribution < -0.4 is 0 Å². The SMILES string of the molecule is Cc1cc2c(CC=O)cccc2s1. The van der Waals surface area contributed by atoms with Gasteiger partial charge in [-0.05, 0) is 30.0 Å². The van der Waals surface area contributed by atoms with Crippen LogP contribution in [0, 0.1) is 6.92 Å². The minimum atomic E-state index is 0.521. The van der Waals surface area contributed by atoms with Gasteiger partial charge in [0.1, 0.15) is 6.29 Å². The lowest BCUT2D eigenvalue weighted by molar-refractivity contribution is -0.107. The summed E-state index contributed by atoms with van der Waals surface area (Å²) in [5.41, 5.74) is 1.14. The van der Waals surface area contributed by atoms with Crippen LogP contribution in [-0.2, 0) is 11.2 Å². The van der Waals surface area contributed by atoms with Gasteiger partial charge in [0, 0.05) is 16.0 Å².